The number of ether oxygens (including phenoxy) is 1. The van der Waals surface area contributed by atoms with Crippen molar-refractivity contribution in [1.82, 2.24) is 5.43 Å². The van der Waals surface area contributed by atoms with Crippen molar-refractivity contribution in [3.8, 4) is 0 Å². The molecule has 0 saturated carbocycles. The monoisotopic (exact) mass is 86.0 g/mol. The molecule has 6 heavy (non-hydrogen) atoms. The molecule has 1 heterocycles. The fourth-order valence-corrected chi connectivity index (χ4v) is 0.288. The molecule has 0 aromatic carbocycles. The zero-order valence-corrected chi connectivity index (χ0v) is 3.51. The summed E-state index contributed by atoms with van der Waals surface area (Å²) in [5, 5.41) is 3.57. The maximum absolute atomic E-state index is 4.75. The van der Waals surface area contributed by atoms with Crippen LogP contribution in [0.4, 0.5) is 0 Å². The molecule has 1 rings (SSSR count). The number of nitrogens with zero attached hydrogens (tertiary/aromatic N) is 1. The Balaban J connectivity index is 2.32. The van der Waals surface area contributed by atoms with E-state index in [2.05, 4.69) is 10.5 Å². The van der Waals surface area contributed by atoms with Gasteiger partial charge in [0.15, 0.2) is 12.6 Å². The Hall–Kier alpha value is -0.730. The van der Waals surface area contributed by atoms with Gasteiger partial charge in [-0.15, -0.1) is 5.10 Å². The van der Waals surface area contributed by atoms with Crippen molar-refractivity contribution in [3.05, 3.63) is 0 Å². The maximum Gasteiger partial charge on any atom is 0.195 e. The highest BCUT2D eigenvalue weighted by molar-refractivity contribution is 5.47. The van der Waals surface area contributed by atoms with E-state index < -0.39 is 0 Å². The van der Waals surface area contributed by atoms with Gasteiger partial charge in [0, 0.05) is 0 Å². The van der Waals surface area contributed by atoms with Gasteiger partial charge in [-0.25, -0.2) is 0 Å². The van der Waals surface area contributed by atoms with Gasteiger partial charge in [-0.2, -0.15) is 0 Å². The van der Waals surface area contributed by atoms with Crippen LogP contribution in [-0.4, -0.2) is 12.6 Å². The van der Waals surface area contributed by atoms with Gasteiger partial charge in [-0.1, -0.05) is 0 Å². The normalized spacial score (nSPS) is 29.2. The second kappa shape index (κ2) is 1.16. The lowest BCUT2D eigenvalue weighted by molar-refractivity contribution is 0.217. The minimum absolute atomic E-state index is 0.0741. The molecule has 0 aromatic rings. The lowest BCUT2D eigenvalue weighted by atomic mass is 10.7. The van der Waals surface area contributed by atoms with Crippen molar-refractivity contribution in [1.29, 1.82) is 0 Å². The SMILES string of the molecule is CC1NN=CO1. The van der Waals surface area contributed by atoms with Crippen LogP contribution >= 0.6 is 0 Å². The molecule has 1 atom stereocenters. The Bertz CT molecular complexity index is 63.2. The first-order valence-electron chi connectivity index (χ1n) is 1.82. The number of hydrazone groups is 1. The summed E-state index contributed by atoms with van der Waals surface area (Å²) in [4.78, 5) is 0. The van der Waals surface area contributed by atoms with Crippen molar-refractivity contribution in [2.24, 2.45) is 5.10 Å². The first-order valence-corrected chi connectivity index (χ1v) is 1.82. The second-order valence-electron chi connectivity index (χ2n) is 1.14. The molecule has 0 fully saturated rings. The minimum Gasteiger partial charge on any atom is -0.458 e. The van der Waals surface area contributed by atoms with E-state index in [4.69, 9.17) is 4.74 Å². The Morgan fingerprint density at radius 2 is 2.83 bits per heavy atom. The van der Waals surface area contributed by atoms with Crippen molar-refractivity contribution in [2.45, 2.75) is 13.2 Å². The molecule has 1 aliphatic heterocycles. The van der Waals surface area contributed by atoms with Crippen LogP contribution in [0.5, 0.6) is 0 Å². The summed E-state index contributed by atoms with van der Waals surface area (Å²) in [6.45, 7) is 1.88. The van der Waals surface area contributed by atoms with Gasteiger partial charge in [0.2, 0.25) is 0 Å². The largest absolute Gasteiger partial charge is 0.458 e. The van der Waals surface area contributed by atoms with Gasteiger partial charge >= 0.3 is 0 Å². The Kier molecular flexibility index (Phi) is 0.670. The topological polar surface area (TPSA) is 33.6 Å². The Morgan fingerprint density at radius 3 is 3.00 bits per heavy atom. The van der Waals surface area contributed by atoms with Gasteiger partial charge < -0.3 is 4.74 Å². The molecule has 0 radical (unpaired) electrons. The lowest BCUT2D eigenvalue weighted by Gasteiger charge is -1.96. The molecule has 0 bridgehead atoms. The molecule has 1 unspecified atom stereocenters. The molecule has 0 aromatic heterocycles. The van der Waals surface area contributed by atoms with Gasteiger partial charge in [0.05, 0.1) is 0 Å². The average molecular weight is 86.1 g/mol. The summed E-state index contributed by atoms with van der Waals surface area (Å²) in [5.74, 6) is 0. The molecule has 3 heteroatoms. The molecule has 0 aliphatic carbocycles. The highest BCUT2D eigenvalue weighted by Gasteiger charge is 1.99. The zero-order chi connectivity index (χ0) is 4.41. The summed E-state index contributed by atoms with van der Waals surface area (Å²) >= 11 is 0. The predicted octanol–water partition coefficient (Wildman–Crippen LogP) is -0.104. The third-order valence-corrected chi connectivity index (χ3v) is 0.574. The summed E-state index contributed by atoms with van der Waals surface area (Å²) in [5.41, 5.74) is 2.67. The van der Waals surface area contributed by atoms with E-state index in [9.17, 15) is 0 Å². The summed E-state index contributed by atoms with van der Waals surface area (Å²) < 4.78 is 4.75. The first-order chi connectivity index (χ1) is 2.89. The van der Waals surface area contributed by atoms with Crippen LogP contribution in [0, 0.1) is 0 Å². The first kappa shape index (κ1) is 3.46. The van der Waals surface area contributed by atoms with Crippen molar-refractivity contribution < 1.29 is 4.74 Å². The third-order valence-electron chi connectivity index (χ3n) is 0.574. The quantitative estimate of drug-likeness (QED) is 0.446. The number of nitrogens with one attached hydrogen (secondary N) is 1. The summed E-state index contributed by atoms with van der Waals surface area (Å²) in [6, 6.07) is 0. The van der Waals surface area contributed by atoms with Gasteiger partial charge in [0.25, 0.3) is 0 Å². The van der Waals surface area contributed by atoms with Crippen molar-refractivity contribution in [2.75, 3.05) is 0 Å². The van der Waals surface area contributed by atoms with Gasteiger partial charge in [-0.3, -0.25) is 5.43 Å². The summed E-state index contributed by atoms with van der Waals surface area (Å²) in [7, 11) is 0. The molecule has 0 amide bonds. The average Bonchev–Trinajstić information content (AvgIpc) is 1.86. The molecule has 3 nitrogen and oxygen atoms in total. The molecule has 0 saturated heterocycles. The maximum atomic E-state index is 4.75. The van der Waals surface area contributed by atoms with E-state index in [-0.39, 0.29) is 6.23 Å². The van der Waals surface area contributed by atoms with Crippen LogP contribution in [0.25, 0.3) is 0 Å². The molecular formula is C3H6N2O. The van der Waals surface area contributed by atoms with E-state index in [0.29, 0.717) is 0 Å². The van der Waals surface area contributed by atoms with Crippen LogP contribution in [0.15, 0.2) is 5.10 Å². The van der Waals surface area contributed by atoms with Crippen LogP contribution in [0.1, 0.15) is 6.92 Å². The van der Waals surface area contributed by atoms with Crippen LogP contribution in [0.2, 0.25) is 0 Å². The van der Waals surface area contributed by atoms with Crippen molar-refractivity contribution in [3.63, 3.8) is 0 Å². The van der Waals surface area contributed by atoms with Crippen LogP contribution < -0.4 is 5.43 Å². The van der Waals surface area contributed by atoms with Crippen molar-refractivity contribution >= 4 is 6.40 Å². The molecular weight excluding hydrogens is 80.0 g/mol. The Morgan fingerprint density at radius 1 is 2.00 bits per heavy atom. The predicted molar refractivity (Wildman–Crippen MR) is 22.2 cm³/mol. The fraction of sp³-hybridized carbons (Fsp3) is 0.667. The van der Waals surface area contributed by atoms with Gasteiger partial charge in [0.1, 0.15) is 0 Å². The molecule has 1 N–H and O–H groups in total. The second-order valence-corrected chi connectivity index (χ2v) is 1.14. The van der Waals surface area contributed by atoms with Crippen LogP contribution in [-0.2, 0) is 4.74 Å². The van der Waals surface area contributed by atoms with Gasteiger partial charge in [-0.05, 0) is 6.92 Å². The van der Waals surface area contributed by atoms with E-state index in [1.54, 1.807) is 0 Å². The number of rotatable bonds is 0. The highest BCUT2D eigenvalue weighted by Crippen LogP contribution is 1.86. The van der Waals surface area contributed by atoms with E-state index in [1.165, 1.54) is 6.40 Å². The van der Waals surface area contributed by atoms with E-state index >= 15 is 0 Å². The van der Waals surface area contributed by atoms with Crippen LogP contribution in [0.3, 0.4) is 0 Å². The summed E-state index contributed by atoms with van der Waals surface area (Å²) in [6.07, 6.45) is 1.47. The minimum atomic E-state index is 0.0741. The zero-order valence-electron chi connectivity index (χ0n) is 3.51. The molecule has 1 aliphatic rings. The number of hydrogen-bond donors (Lipinski definition) is 1. The standard InChI is InChI=1S/C3H6N2O/c1-3-5-4-2-6-3/h2-3,5H,1H3. The highest BCUT2D eigenvalue weighted by atomic mass is 16.5. The Labute approximate surface area is 36.0 Å². The van der Waals surface area contributed by atoms with E-state index in [1.807, 2.05) is 6.92 Å². The lowest BCUT2D eigenvalue weighted by Crippen LogP contribution is -2.15. The smallest absolute Gasteiger partial charge is 0.195 e. The number of hydrogen-bond acceptors (Lipinski definition) is 3. The fourth-order valence-electron chi connectivity index (χ4n) is 0.288. The van der Waals surface area contributed by atoms with E-state index in [0.717, 1.165) is 0 Å². The molecule has 34 valence electrons. The molecule has 0 spiro atoms. The third kappa shape index (κ3) is 0.429.